The van der Waals surface area contributed by atoms with Crippen LogP contribution >= 0.6 is 0 Å². The van der Waals surface area contributed by atoms with Crippen molar-refractivity contribution in [3.05, 3.63) is 29.8 Å². The van der Waals surface area contributed by atoms with Gasteiger partial charge in [0.15, 0.2) is 0 Å². The fourth-order valence-corrected chi connectivity index (χ4v) is 2.10. The zero-order valence-electron chi connectivity index (χ0n) is 16.6. The second-order valence-corrected chi connectivity index (χ2v) is 7.67. The Morgan fingerprint density at radius 3 is 2.35 bits per heavy atom. The number of hydrogen-bond donors (Lipinski definition) is 2. The summed E-state index contributed by atoms with van der Waals surface area (Å²) in [5.74, 6) is 0.499. The molecule has 1 rings (SSSR count). The molecule has 0 aliphatic heterocycles. The summed E-state index contributed by atoms with van der Waals surface area (Å²) in [6, 6.07) is 7.15. The van der Waals surface area contributed by atoms with Crippen LogP contribution in [0.25, 0.3) is 0 Å². The number of carbonyl (C=O) groups is 2. The molecule has 2 amide bonds. The number of rotatable bonds is 9. The van der Waals surface area contributed by atoms with Crippen LogP contribution in [-0.2, 0) is 20.7 Å². The first kappa shape index (κ1) is 22.0. The molecule has 0 unspecified atom stereocenters. The van der Waals surface area contributed by atoms with Crippen LogP contribution in [0.5, 0.6) is 0 Å². The first-order valence-electron chi connectivity index (χ1n) is 9.09. The molecule has 0 radical (unpaired) electrons. The molecule has 0 aliphatic rings. The molecule has 1 aromatic rings. The fraction of sp³-hybridized carbons (Fsp3) is 0.600. The third-order valence-corrected chi connectivity index (χ3v) is 3.20. The molecule has 6 heteroatoms. The van der Waals surface area contributed by atoms with E-state index in [0.29, 0.717) is 31.2 Å². The minimum atomic E-state index is -0.540. The molecule has 0 atom stereocenters. The van der Waals surface area contributed by atoms with E-state index < -0.39 is 11.7 Å². The average Bonchev–Trinajstić information content (AvgIpc) is 2.50. The monoisotopic (exact) mass is 364 g/mol. The van der Waals surface area contributed by atoms with Gasteiger partial charge >= 0.3 is 6.09 Å². The van der Waals surface area contributed by atoms with Gasteiger partial charge in [0.05, 0.1) is 6.42 Å². The maximum atomic E-state index is 11.9. The first-order valence-corrected chi connectivity index (χ1v) is 9.09. The van der Waals surface area contributed by atoms with E-state index in [-0.39, 0.29) is 5.91 Å². The number of carbonyl (C=O) groups excluding carboxylic acids is 2. The van der Waals surface area contributed by atoms with E-state index in [9.17, 15) is 9.59 Å². The van der Waals surface area contributed by atoms with Gasteiger partial charge < -0.3 is 14.8 Å². The molecule has 0 heterocycles. The summed E-state index contributed by atoms with van der Waals surface area (Å²) in [5, 5.41) is 5.55. The summed E-state index contributed by atoms with van der Waals surface area (Å²) < 4.78 is 10.7. The lowest BCUT2D eigenvalue weighted by Crippen LogP contribution is -2.27. The van der Waals surface area contributed by atoms with E-state index in [1.807, 2.05) is 32.9 Å². The smallest absolute Gasteiger partial charge is 0.412 e. The summed E-state index contributed by atoms with van der Waals surface area (Å²) >= 11 is 0. The van der Waals surface area contributed by atoms with Gasteiger partial charge in [-0.1, -0.05) is 26.0 Å². The van der Waals surface area contributed by atoms with Gasteiger partial charge in [0.1, 0.15) is 5.60 Å². The Bertz CT molecular complexity index is 562. The SMILES string of the molecule is CC(C)COCCCNC(=O)Cc1ccc(NC(=O)OC(C)(C)C)cc1. The fourth-order valence-electron chi connectivity index (χ4n) is 2.10. The highest BCUT2D eigenvalue weighted by Gasteiger charge is 2.16. The number of nitrogens with one attached hydrogen (secondary N) is 2. The van der Waals surface area contributed by atoms with E-state index >= 15 is 0 Å². The molecule has 0 bridgehead atoms. The number of amides is 2. The van der Waals surface area contributed by atoms with Crippen LogP contribution in [0.1, 0.15) is 46.6 Å². The quantitative estimate of drug-likeness (QED) is 0.654. The molecule has 26 heavy (non-hydrogen) atoms. The van der Waals surface area contributed by atoms with Gasteiger partial charge in [-0.15, -0.1) is 0 Å². The van der Waals surface area contributed by atoms with E-state index in [1.54, 1.807) is 12.1 Å². The van der Waals surface area contributed by atoms with Crippen LogP contribution in [0, 0.1) is 5.92 Å². The molecule has 6 nitrogen and oxygen atoms in total. The van der Waals surface area contributed by atoms with Gasteiger partial charge in [0, 0.05) is 25.4 Å². The van der Waals surface area contributed by atoms with Crippen LogP contribution < -0.4 is 10.6 Å². The molecular weight excluding hydrogens is 332 g/mol. The number of ether oxygens (including phenoxy) is 2. The Morgan fingerprint density at radius 2 is 1.77 bits per heavy atom. The zero-order chi connectivity index (χ0) is 19.6. The lowest BCUT2D eigenvalue weighted by Gasteiger charge is -2.19. The molecular formula is C20H32N2O4. The number of hydrogen-bond acceptors (Lipinski definition) is 4. The predicted molar refractivity (Wildman–Crippen MR) is 103 cm³/mol. The van der Waals surface area contributed by atoms with Crippen LogP contribution in [0.15, 0.2) is 24.3 Å². The van der Waals surface area contributed by atoms with Crippen molar-refractivity contribution in [2.24, 2.45) is 5.92 Å². The molecule has 0 saturated carbocycles. The predicted octanol–water partition coefficient (Wildman–Crippen LogP) is 3.76. The number of anilines is 1. The first-order chi connectivity index (χ1) is 12.2. The average molecular weight is 364 g/mol. The van der Waals surface area contributed by atoms with E-state index in [0.717, 1.165) is 18.6 Å². The van der Waals surface area contributed by atoms with Gasteiger partial charge in [-0.2, -0.15) is 0 Å². The van der Waals surface area contributed by atoms with Crippen molar-refractivity contribution in [2.45, 2.75) is 53.1 Å². The highest BCUT2D eigenvalue weighted by atomic mass is 16.6. The second-order valence-electron chi connectivity index (χ2n) is 7.67. The molecule has 146 valence electrons. The van der Waals surface area contributed by atoms with Crippen molar-refractivity contribution in [2.75, 3.05) is 25.1 Å². The normalized spacial score (nSPS) is 11.3. The summed E-state index contributed by atoms with van der Waals surface area (Å²) in [4.78, 5) is 23.6. The van der Waals surface area contributed by atoms with Crippen LogP contribution in [0.2, 0.25) is 0 Å². The van der Waals surface area contributed by atoms with Crippen LogP contribution in [-0.4, -0.2) is 37.4 Å². The molecule has 0 spiro atoms. The second kappa shape index (κ2) is 10.8. The molecule has 1 aromatic carbocycles. The molecule has 0 aromatic heterocycles. The lowest BCUT2D eigenvalue weighted by molar-refractivity contribution is -0.120. The summed E-state index contributed by atoms with van der Waals surface area (Å²) in [7, 11) is 0. The van der Waals surface area contributed by atoms with Crippen molar-refractivity contribution < 1.29 is 19.1 Å². The standard InChI is InChI=1S/C20H32N2O4/c1-15(2)14-25-12-6-11-21-18(23)13-16-7-9-17(10-8-16)22-19(24)26-20(3,4)5/h7-10,15H,6,11-14H2,1-5H3,(H,21,23)(H,22,24). The summed E-state index contributed by atoms with van der Waals surface area (Å²) in [5.41, 5.74) is 0.973. The van der Waals surface area contributed by atoms with Crippen molar-refractivity contribution in [3.63, 3.8) is 0 Å². The van der Waals surface area contributed by atoms with Crippen LogP contribution in [0.4, 0.5) is 10.5 Å². The number of benzene rings is 1. The van der Waals surface area contributed by atoms with Gasteiger partial charge in [-0.25, -0.2) is 4.79 Å². The van der Waals surface area contributed by atoms with Crippen molar-refractivity contribution in [1.82, 2.24) is 5.32 Å². The minimum Gasteiger partial charge on any atom is -0.444 e. The maximum Gasteiger partial charge on any atom is 0.412 e. The third-order valence-electron chi connectivity index (χ3n) is 3.20. The largest absolute Gasteiger partial charge is 0.444 e. The van der Waals surface area contributed by atoms with E-state index in [1.165, 1.54) is 0 Å². The Labute approximate surface area is 156 Å². The topological polar surface area (TPSA) is 76.7 Å². The van der Waals surface area contributed by atoms with Gasteiger partial charge in [0.25, 0.3) is 0 Å². The summed E-state index contributed by atoms with van der Waals surface area (Å²) in [6.45, 7) is 11.7. The highest BCUT2D eigenvalue weighted by Crippen LogP contribution is 2.13. The summed E-state index contributed by atoms with van der Waals surface area (Å²) in [6.07, 6.45) is 0.610. The molecule has 0 saturated heterocycles. The van der Waals surface area contributed by atoms with Crippen molar-refractivity contribution >= 4 is 17.7 Å². The Balaban J connectivity index is 2.29. The van der Waals surface area contributed by atoms with E-state index in [4.69, 9.17) is 9.47 Å². The Morgan fingerprint density at radius 1 is 1.12 bits per heavy atom. The van der Waals surface area contributed by atoms with Gasteiger partial charge in [-0.3, -0.25) is 10.1 Å². The highest BCUT2D eigenvalue weighted by molar-refractivity contribution is 5.85. The Kier molecular flexibility index (Phi) is 9.13. The minimum absolute atomic E-state index is 0.0262. The van der Waals surface area contributed by atoms with E-state index in [2.05, 4.69) is 24.5 Å². The molecule has 2 N–H and O–H groups in total. The van der Waals surface area contributed by atoms with Gasteiger partial charge in [0.2, 0.25) is 5.91 Å². The molecule has 0 aliphatic carbocycles. The molecule has 0 fully saturated rings. The third kappa shape index (κ3) is 10.7. The van der Waals surface area contributed by atoms with Crippen LogP contribution in [0.3, 0.4) is 0 Å². The zero-order valence-corrected chi connectivity index (χ0v) is 16.6. The van der Waals surface area contributed by atoms with Crippen molar-refractivity contribution in [3.8, 4) is 0 Å². The maximum absolute atomic E-state index is 11.9. The van der Waals surface area contributed by atoms with Crippen molar-refractivity contribution in [1.29, 1.82) is 0 Å². The van der Waals surface area contributed by atoms with Gasteiger partial charge in [-0.05, 0) is 50.8 Å². The Hall–Kier alpha value is -2.08. The lowest BCUT2D eigenvalue weighted by atomic mass is 10.1.